The summed E-state index contributed by atoms with van der Waals surface area (Å²) in [7, 11) is 1.73. The summed E-state index contributed by atoms with van der Waals surface area (Å²) in [5.41, 5.74) is 2.24. The van der Waals surface area contributed by atoms with Gasteiger partial charge in [0.2, 0.25) is 0 Å². The zero-order valence-electron chi connectivity index (χ0n) is 14.4. The maximum atomic E-state index is 13.3. The minimum atomic E-state index is -0.461. The van der Waals surface area contributed by atoms with Crippen LogP contribution in [0.25, 0.3) is 0 Å². The summed E-state index contributed by atoms with van der Waals surface area (Å²) < 4.78 is 13.3. The van der Waals surface area contributed by atoms with E-state index in [0.29, 0.717) is 11.3 Å². The summed E-state index contributed by atoms with van der Waals surface area (Å²) in [4.78, 5) is 28.4. The molecule has 0 aromatic heterocycles. The van der Waals surface area contributed by atoms with E-state index in [9.17, 15) is 14.0 Å². The minimum absolute atomic E-state index is 0.0756. The van der Waals surface area contributed by atoms with Crippen molar-refractivity contribution in [1.29, 1.82) is 0 Å². The van der Waals surface area contributed by atoms with E-state index in [0.717, 1.165) is 15.5 Å². The highest BCUT2D eigenvalue weighted by Gasteiger charge is 2.24. The molecule has 0 aliphatic carbocycles. The van der Waals surface area contributed by atoms with Gasteiger partial charge in [0, 0.05) is 28.1 Å². The van der Waals surface area contributed by atoms with Crippen LogP contribution in [-0.4, -0.2) is 18.9 Å². The van der Waals surface area contributed by atoms with Crippen LogP contribution < -0.4 is 10.2 Å². The van der Waals surface area contributed by atoms with Crippen LogP contribution in [0.3, 0.4) is 0 Å². The number of anilines is 2. The molecule has 4 nitrogen and oxygen atoms in total. The third kappa shape index (κ3) is 3.31. The lowest BCUT2D eigenvalue weighted by Crippen LogP contribution is -2.26. The first-order valence-electron chi connectivity index (χ1n) is 8.29. The highest BCUT2D eigenvalue weighted by atomic mass is 32.2. The third-order valence-electron chi connectivity index (χ3n) is 4.31. The van der Waals surface area contributed by atoms with Gasteiger partial charge in [-0.25, -0.2) is 4.39 Å². The summed E-state index contributed by atoms with van der Waals surface area (Å²) in [6.45, 7) is 0. The number of benzene rings is 3. The first-order valence-corrected chi connectivity index (χ1v) is 9.10. The number of nitrogens with one attached hydrogen (secondary N) is 1. The van der Waals surface area contributed by atoms with Crippen LogP contribution in [0.1, 0.15) is 20.7 Å². The van der Waals surface area contributed by atoms with Gasteiger partial charge in [-0.05, 0) is 48.5 Å². The molecular weight excluding hydrogens is 363 g/mol. The Morgan fingerprint density at radius 3 is 2.63 bits per heavy atom. The van der Waals surface area contributed by atoms with Gasteiger partial charge >= 0.3 is 0 Å². The highest BCUT2D eigenvalue weighted by molar-refractivity contribution is 7.99. The lowest BCUT2D eigenvalue weighted by atomic mass is 10.1. The largest absolute Gasteiger partial charge is 0.322 e. The van der Waals surface area contributed by atoms with Gasteiger partial charge in [-0.3, -0.25) is 9.59 Å². The van der Waals surface area contributed by atoms with E-state index in [1.807, 2.05) is 24.3 Å². The molecule has 0 unspecified atom stereocenters. The van der Waals surface area contributed by atoms with Crippen molar-refractivity contribution >= 4 is 35.0 Å². The van der Waals surface area contributed by atoms with Gasteiger partial charge < -0.3 is 10.2 Å². The number of halogens is 1. The number of amides is 2. The van der Waals surface area contributed by atoms with Crippen molar-refractivity contribution in [1.82, 2.24) is 0 Å². The summed E-state index contributed by atoms with van der Waals surface area (Å²) in [5, 5.41) is 2.78. The standard InChI is InChI=1S/C21H15FN2O2S/c1-24-17-10-9-15(23-20(25)13-5-4-6-14(22)11-13)12-19(17)27-18-8-3-2-7-16(18)21(24)26/h2-12H,1H3,(H,23,25). The molecule has 1 heterocycles. The Kier molecular flexibility index (Phi) is 4.41. The second-order valence-electron chi connectivity index (χ2n) is 6.11. The normalized spacial score (nSPS) is 12.8. The monoisotopic (exact) mass is 378 g/mol. The van der Waals surface area contributed by atoms with Gasteiger partial charge in [0.25, 0.3) is 11.8 Å². The lowest BCUT2D eigenvalue weighted by molar-refractivity contribution is 0.0988. The number of carbonyl (C=O) groups is 2. The van der Waals surface area contributed by atoms with Crippen LogP contribution in [-0.2, 0) is 0 Å². The van der Waals surface area contributed by atoms with Crippen molar-refractivity contribution < 1.29 is 14.0 Å². The summed E-state index contributed by atoms with van der Waals surface area (Å²) >= 11 is 1.48. The van der Waals surface area contributed by atoms with E-state index in [-0.39, 0.29) is 11.5 Å². The fourth-order valence-corrected chi connectivity index (χ4v) is 4.07. The van der Waals surface area contributed by atoms with Gasteiger partial charge in [0.15, 0.2) is 0 Å². The number of hydrogen-bond acceptors (Lipinski definition) is 3. The quantitative estimate of drug-likeness (QED) is 0.696. The lowest BCUT2D eigenvalue weighted by Gasteiger charge is -2.18. The van der Waals surface area contributed by atoms with Gasteiger partial charge in [-0.15, -0.1) is 0 Å². The Morgan fingerprint density at radius 2 is 1.81 bits per heavy atom. The molecule has 0 spiro atoms. The molecule has 0 radical (unpaired) electrons. The van der Waals surface area contributed by atoms with E-state index in [1.165, 1.54) is 30.0 Å². The van der Waals surface area contributed by atoms with Crippen LogP contribution in [0.2, 0.25) is 0 Å². The topological polar surface area (TPSA) is 49.4 Å². The second-order valence-corrected chi connectivity index (χ2v) is 7.19. The minimum Gasteiger partial charge on any atom is -0.322 e. The molecule has 1 aliphatic rings. The average Bonchev–Trinajstić information content (AvgIpc) is 2.77. The number of carbonyl (C=O) groups excluding carboxylic acids is 2. The van der Waals surface area contributed by atoms with Crippen molar-refractivity contribution in [2.45, 2.75) is 9.79 Å². The average molecular weight is 378 g/mol. The van der Waals surface area contributed by atoms with Crippen LogP contribution in [0.15, 0.2) is 76.5 Å². The SMILES string of the molecule is CN1C(=O)c2ccccc2Sc2cc(NC(=O)c3cccc(F)c3)ccc21. The second kappa shape index (κ2) is 6.89. The molecule has 3 aromatic carbocycles. The fourth-order valence-electron chi connectivity index (χ4n) is 2.92. The zero-order chi connectivity index (χ0) is 19.0. The van der Waals surface area contributed by atoms with Gasteiger partial charge in [0.05, 0.1) is 11.3 Å². The Bertz CT molecular complexity index is 1070. The van der Waals surface area contributed by atoms with Crippen LogP contribution in [0, 0.1) is 5.82 Å². The molecule has 134 valence electrons. The Morgan fingerprint density at radius 1 is 1.00 bits per heavy atom. The predicted octanol–water partition coefficient (Wildman–Crippen LogP) is 4.82. The van der Waals surface area contributed by atoms with Crippen molar-refractivity contribution in [2.24, 2.45) is 0 Å². The Balaban J connectivity index is 1.67. The predicted molar refractivity (Wildman–Crippen MR) is 104 cm³/mol. The molecule has 2 amide bonds. The molecule has 6 heteroatoms. The van der Waals surface area contributed by atoms with Crippen molar-refractivity contribution in [3.63, 3.8) is 0 Å². The molecule has 0 saturated heterocycles. The number of hydrogen-bond donors (Lipinski definition) is 1. The van der Waals surface area contributed by atoms with E-state index >= 15 is 0 Å². The summed E-state index contributed by atoms with van der Waals surface area (Å²) in [6, 6.07) is 18.3. The van der Waals surface area contributed by atoms with Crippen LogP contribution in [0.4, 0.5) is 15.8 Å². The smallest absolute Gasteiger partial charge is 0.259 e. The highest BCUT2D eigenvalue weighted by Crippen LogP contribution is 2.41. The van der Waals surface area contributed by atoms with E-state index in [2.05, 4.69) is 5.32 Å². The number of nitrogens with zero attached hydrogens (tertiary/aromatic N) is 1. The maximum Gasteiger partial charge on any atom is 0.259 e. The van der Waals surface area contributed by atoms with Gasteiger partial charge in [-0.2, -0.15) is 0 Å². The molecule has 4 rings (SSSR count). The molecule has 1 N–H and O–H groups in total. The first kappa shape index (κ1) is 17.3. The zero-order valence-corrected chi connectivity index (χ0v) is 15.2. The molecule has 0 atom stereocenters. The molecule has 3 aromatic rings. The summed E-state index contributed by atoms with van der Waals surface area (Å²) in [6.07, 6.45) is 0. The van der Waals surface area contributed by atoms with Crippen LogP contribution >= 0.6 is 11.8 Å². The molecule has 1 aliphatic heterocycles. The third-order valence-corrected chi connectivity index (χ3v) is 5.43. The Hall–Kier alpha value is -3.12. The molecule has 0 saturated carbocycles. The fraction of sp³-hybridized carbons (Fsp3) is 0.0476. The molecular formula is C21H15FN2O2S. The number of rotatable bonds is 2. The van der Waals surface area contributed by atoms with Crippen molar-refractivity contribution in [2.75, 3.05) is 17.3 Å². The van der Waals surface area contributed by atoms with Gasteiger partial charge in [0.1, 0.15) is 5.82 Å². The Labute approximate surface area is 160 Å². The van der Waals surface area contributed by atoms with E-state index in [1.54, 1.807) is 36.2 Å². The van der Waals surface area contributed by atoms with Crippen LogP contribution in [0.5, 0.6) is 0 Å². The molecule has 0 fully saturated rings. The number of fused-ring (bicyclic) bond motifs is 2. The van der Waals surface area contributed by atoms with Crippen molar-refractivity contribution in [3.05, 3.63) is 83.7 Å². The van der Waals surface area contributed by atoms with E-state index < -0.39 is 11.7 Å². The van der Waals surface area contributed by atoms with Crippen molar-refractivity contribution in [3.8, 4) is 0 Å². The summed E-state index contributed by atoms with van der Waals surface area (Å²) in [5.74, 6) is -0.928. The van der Waals surface area contributed by atoms with Gasteiger partial charge in [-0.1, -0.05) is 30.0 Å². The molecule has 0 bridgehead atoms. The van der Waals surface area contributed by atoms with E-state index in [4.69, 9.17) is 0 Å². The first-order chi connectivity index (χ1) is 13.0. The molecule has 27 heavy (non-hydrogen) atoms. The maximum absolute atomic E-state index is 13.3.